The van der Waals surface area contributed by atoms with Crippen LogP contribution in [-0.2, 0) is 12.8 Å². The number of nitrogens with two attached hydrogens (primary N) is 2. The molecule has 63 heavy (non-hydrogen) atoms. The third-order valence-electron chi connectivity index (χ3n) is 12.5. The van der Waals surface area contributed by atoms with Gasteiger partial charge in [0.25, 0.3) is 0 Å². The first-order chi connectivity index (χ1) is 30.5. The Morgan fingerprint density at radius 1 is 0.651 bits per heavy atom. The van der Waals surface area contributed by atoms with Crippen molar-refractivity contribution in [3.05, 3.63) is 70.6 Å². The van der Waals surface area contributed by atoms with E-state index in [0.717, 1.165) is 99.1 Å². The maximum absolute atomic E-state index is 6.18. The van der Waals surface area contributed by atoms with E-state index in [-0.39, 0.29) is 0 Å². The van der Waals surface area contributed by atoms with Crippen LogP contribution in [0.1, 0.15) is 99.9 Å². The summed E-state index contributed by atoms with van der Waals surface area (Å²) in [6.07, 6.45) is 15.3. The number of nitrogen functional groups attached to an aromatic ring is 2. The van der Waals surface area contributed by atoms with Crippen LogP contribution in [0.4, 0.5) is 35.2 Å². The number of fused-ring (bicyclic) bond motifs is 2. The van der Waals surface area contributed by atoms with Gasteiger partial charge in [0.15, 0.2) is 22.9 Å². The maximum atomic E-state index is 6.18. The Hall–Kier alpha value is -5.88. The van der Waals surface area contributed by atoms with Crippen molar-refractivity contribution < 1.29 is 0 Å². The number of hydrogen-bond donors (Lipinski definition) is 5. The second-order valence-electron chi connectivity index (χ2n) is 17.2. The second-order valence-corrected chi connectivity index (χ2v) is 17.2. The molecule has 8 rings (SSSR count). The molecule has 0 spiro atoms. The minimum atomic E-state index is 0.316. The third-order valence-corrected chi connectivity index (χ3v) is 12.5. The maximum Gasteiger partial charge on any atom is 0.243 e. The molecular formula is C45H68N18. The largest absolute Gasteiger partial charge is 0.380 e. The summed E-state index contributed by atoms with van der Waals surface area (Å²) in [5, 5.41) is 19.5. The van der Waals surface area contributed by atoms with E-state index in [1.54, 1.807) is 4.52 Å². The van der Waals surface area contributed by atoms with E-state index in [0.29, 0.717) is 65.8 Å². The van der Waals surface area contributed by atoms with E-state index in [4.69, 9.17) is 21.4 Å². The summed E-state index contributed by atoms with van der Waals surface area (Å²) in [5.74, 6) is 4.01. The average molecular weight is 861 g/mol. The summed E-state index contributed by atoms with van der Waals surface area (Å²) in [5.41, 5.74) is 20.1. The van der Waals surface area contributed by atoms with Crippen LogP contribution in [0, 0.1) is 13.8 Å². The standard InChI is InChI=1S/C24H37N9.C21H31N9/c1-6-18(7-2)28-24-29-21(25)23-27-15-20(33(23)30-24)13-17-12-16(3)22(26-14-17)32-10-8-19(9-11-32)31(4)5;1-4-16(5-2)26-21-27-18(22)20-25-13-17(30(20)28-21)11-15-10-14(3)19(24-12-15)29-8-6-23-7-9-29/h12,14-15,18-19H,6-11,13H2,1-5H3,(H3,25,28,29,30);10,12-13,16,23H,4-9,11H2,1-3H3,(H3,22,26,27,28). The van der Waals surface area contributed by atoms with Crippen molar-refractivity contribution in [2.75, 3.05) is 85.3 Å². The van der Waals surface area contributed by atoms with Crippen LogP contribution in [0.15, 0.2) is 36.9 Å². The van der Waals surface area contributed by atoms with Crippen LogP contribution in [0.3, 0.4) is 0 Å². The molecule has 0 bridgehead atoms. The van der Waals surface area contributed by atoms with Gasteiger partial charge in [-0.15, -0.1) is 10.2 Å². The van der Waals surface area contributed by atoms with Gasteiger partial charge in [0.05, 0.1) is 23.8 Å². The van der Waals surface area contributed by atoms with Gasteiger partial charge in [-0.3, -0.25) is 0 Å². The zero-order valence-corrected chi connectivity index (χ0v) is 38.6. The van der Waals surface area contributed by atoms with Crippen LogP contribution in [-0.4, -0.2) is 126 Å². The molecule has 0 aliphatic carbocycles. The Labute approximate surface area is 371 Å². The number of nitrogens with zero attached hydrogens (tertiary/aromatic N) is 13. The predicted octanol–water partition coefficient (Wildman–Crippen LogP) is 5.14. The summed E-state index contributed by atoms with van der Waals surface area (Å²) < 4.78 is 3.61. The molecule has 0 aromatic carbocycles. The number of hydrogen-bond acceptors (Lipinski definition) is 16. The van der Waals surface area contributed by atoms with Crippen molar-refractivity contribution in [2.24, 2.45) is 0 Å². The number of rotatable bonds is 15. The number of anilines is 6. The number of piperazine rings is 1. The molecule has 6 aromatic heterocycles. The third kappa shape index (κ3) is 10.7. The molecule has 8 heterocycles. The molecule has 18 heteroatoms. The smallest absolute Gasteiger partial charge is 0.243 e. The van der Waals surface area contributed by atoms with Gasteiger partial charge in [0.2, 0.25) is 11.9 Å². The van der Waals surface area contributed by atoms with Crippen molar-refractivity contribution in [3.8, 4) is 0 Å². The first kappa shape index (κ1) is 45.2. The Morgan fingerprint density at radius 2 is 1.08 bits per heavy atom. The molecule has 338 valence electrons. The zero-order valence-electron chi connectivity index (χ0n) is 38.6. The van der Waals surface area contributed by atoms with E-state index in [9.17, 15) is 0 Å². The summed E-state index contributed by atoms with van der Waals surface area (Å²) >= 11 is 0. The lowest BCUT2D eigenvalue weighted by Gasteiger charge is -2.36. The Balaban J connectivity index is 0.000000190. The van der Waals surface area contributed by atoms with Crippen LogP contribution in [0.5, 0.6) is 0 Å². The lowest BCUT2D eigenvalue weighted by Crippen LogP contribution is -2.44. The Bertz CT molecular complexity index is 2420. The molecule has 18 nitrogen and oxygen atoms in total. The fraction of sp³-hybridized carbons (Fsp3) is 0.556. The van der Waals surface area contributed by atoms with Gasteiger partial charge in [0.1, 0.15) is 11.6 Å². The summed E-state index contributed by atoms with van der Waals surface area (Å²) in [6, 6.07) is 5.73. The van der Waals surface area contributed by atoms with E-state index in [2.05, 4.69) is 129 Å². The van der Waals surface area contributed by atoms with Gasteiger partial charge in [-0.05, 0) is 88.7 Å². The summed E-state index contributed by atoms with van der Waals surface area (Å²) in [4.78, 5) is 34.4. The second kappa shape index (κ2) is 20.5. The van der Waals surface area contributed by atoms with E-state index < -0.39 is 0 Å². The molecule has 2 aliphatic heterocycles. The molecule has 7 N–H and O–H groups in total. The lowest BCUT2D eigenvalue weighted by molar-refractivity contribution is 0.249. The number of nitrogens with one attached hydrogen (secondary N) is 3. The molecule has 6 aromatic rings. The monoisotopic (exact) mass is 861 g/mol. The number of piperidine rings is 1. The normalized spacial score (nSPS) is 14.9. The molecule has 2 saturated heterocycles. The van der Waals surface area contributed by atoms with Crippen molar-refractivity contribution in [1.82, 2.24) is 59.3 Å². The lowest BCUT2D eigenvalue weighted by atomic mass is 10.0. The number of aromatic nitrogens is 10. The molecule has 0 atom stereocenters. The molecule has 0 unspecified atom stereocenters. The highest BCUT2D eigenvalue weighted by atomic mass is 15.4. The molecule has 0 radical (unpaired) electrons. The van der Waals surface area contributed by atoms with E-state index in [1.807, 2.05) is 29.3 Å². The number of aryl methyl sites for hydroxylation is 2. The molecule has 2 aliphatic rings. The SMILES string of the molecule is CCC(CC)Nc1nc(N)c2ncc(Cc3cnc(N4CCC(N(C)C)CC4)c(C)c3)n2n1.CCC(CC)Nc1nc(N)c2ncc(Cc3cnc(N4CCNCC4)c(C)c3)n2n1. The molecular weight excluding hydrogens is 793 g/mol. The first-order valence-electron chi connectivity index (χ1n) is 22.8. The zero-order chi connectivity index (χ0) is 44.6. The van der Waals surface area contributed by atoms with Gasteiger partial charge in [-0.2, -0.15) is 9.97 Å². The molecule has 0 amide bonds. The van der Waals surface area contributed by atoms with E-state index >= 15 is 0 Å². The minimum Gasteiger partial charge on any atom is -0.380 e. The summed E-state index contributed by atoms with van der Waals surface area (Å²) in [7, 11) is 4.34. The highest BCUT2D eigenvalue weighted by Crippen LogP contribution is 2.26. The van der Waals surface area contributed by atoms with Crippen LogP contribution >= 0.6 is 0 Å². The van der Waals surface area contributed by atoms with Gasteiger partial charge in [-0.25, -0.2) is 29.0 Å². The van der Waals surface area contributed by atoms with E-state index in [1.165, 1.54) is 24.0 Å². The molecule has 2 fully saturated rings. The highest BCUT2D eigenvalue weighted by molar-refractivity contribution is 5.62. The topological polar surface area (TPSA) is 210 Å². The summed E-state index contributed by atoms with van der Waals surface area (Å²) in [6.45, 7) is 18.9. The fourth-order valence-corrected chi connectivity index (χ4v) is 8.61. The van der Waals surface area contributed by atoms with Gasteiger partial charge < -0.3 is 42.1 Å². The fourth-order valence-electron chi connectivity index (χ4n) is 8.61. The van der Waals surface area contributed by atoms with Gasteiger partial charge in [-0.1, -0.05) is 39.8 Å². The average Bonchev–Trinajstić information content (AvgIpc) is 3.89. The van der Waals surface area contributed by atoms with Crippen LogP contribution < -0.4 is 37.2 Å². The number of imidazole rings is 2. The van der Waals surface area contributed by atoms with Gasteiger partial charge >= 0.3 is 0 Å². The highest BCUT2D eigenvalue weighted by Gasteiger charge is 2.23. The van der Waals surface area contributed by atoms with Crippen LogP contribution in [0.25, 0.3) is 11.3 Å². The Morgan fingerprint density at radius 3 is 1.48 bits per heavy atom. The Kier molecular flexibility index (Phi) is 14.7. The van der Waals surface area contributed by atoms with Crippen molar-refractivity contribution >= 4 is 46.5 Å². The quantitative estimate of drug-likeness (QED) is 0.0905. The van der Waals surface area contributed by atoms with Crippen LogP contribution in [0.2, 0.25) is 0 Å². The predicted molar refractivity (Wildman–Crippen MR) is 254 cm³/mol. The van der Waals surface area contributed by atoms with Crippen molar-refractivity contribution in [1.29, 1.82) is 0 Å². The van der Waals surface area contributed by atoms with Gasteiger partial charge in [0, 0.05) is 82.6 Å². The van der Waals surface area contributed by atoms with Crippen molar-refractivity contribution in [2.45, 2.75) is 111 Å². The minimum absolute atomic E-state index is 0.316. The first-order valence-corrected chi connectivity index (χ1v) is 22.8. The number of pyridine rings is 2. The van der Waals surface area contributed by atoms with Crippen molar-refractivity contribution in [3.63, 3.8) is 0 Å². The molecule has 0 saturated carbocycles.